The number of hydrogen-bond donors (Lipinski definition) is 0. The number of hydrogen-bond acceptors (Lipinski definition) is 1. The fourth-order valence-corrected chi connectivity index (χ4v) is 2.40. The summed E-state index contributed by atoms with van der Waals surface area (Å²) in [6, 6.07) is 4.28. The van der Waals surface area contributed by atoms with Crippen molar-refractivity contribution in [1.29, 1.82) is 0 Å². The van der Waals surface area contributed by atoms with Gasteiger partial charge in [-0.3, -0.25) is 0 Å². The van der Waals surface area contributed by atoms with E-state index in [-0.39, 0.29) is 6.10 Å². The van der Waals surface area contributed by atoms with Crippen LogP contribution in [0.4, 0.5) is 0 Å². The molecule has 1 aliphatic heterocycles. The van der Waals surface area contributed by atoms with E-state index in [4.69, 9.17) is 4.74 Å². The quantitative estimate of drug-likeness (QED) is 0.566. The predicted octanol–water partition coefficient (Wildman–Crippen LogP) is 1.85. The highest BCUT2D eigenvalue weighted by molar-refractivity contribution is 5.53. The van der Waals surface area contributed by atoms with Crippen LogP contribution in [-0.4, -0.2) is 6.10 Å². The molecule has 0 radical (unpaired) electrons. The molecule has 0 N–H and O–H groups in total. The monoisotopic (exact) mass is 188 g/mol. The lowest BCUT2D eigenvalue weighted by atomic mass is 9.98. The summed E-state index contributed by atoms with van der Waals surface area (Å²) in [5, 5.41) is 0. The van der Waals surface area contributed by atoms with Gasteiger partial charge in [0.2, 0.25) is 5.69 Å². The van der Waals surface area contributed by atoms with Crippen LogP contribution in [0.15, 0.2) is 24.4 Å². The van der Waals surface area contributed by atoms with Gasteiger partial charge in [-0.2, -0.15) is 4.57 Å². The fourth-order valence-electron chi connectivity index (χ4n) is 2.40. The molecule has 0 amide bonds. The molecule has 0 saturated carbocycles. The van der Waals surface area contributed by atoms with E-state index in [0.29, 0.717) is 6.10 Å². The summed E-state index contributed by atoms with van der Waals surface area (Å²) in [4.78, 5) is 0. The van der Waals surface area contributed by atoms with Crippen LogP contribution in [-0.2, 0) is 11.3 Å². The summed E-state index contributed by atoms with van der Waals surface area (Å²) in [7, 11) is 0. The molecular formula is C12H14NO+. The molecule has 0 fully saturated rings. The SMILES string of the molecule is CC1C[n+]2cccc3c2C(CC=C3)O1. The maximum Gasteiger partial charge on any atom is 0.218 e. The lowest BCUT2D eigenvalue weighted by Gasteiger charge is -2.27. The van der Waals surface area contributed by atoms with Crippen molar-refractivity contribution in [2.75, 3.05) is 0 Å². The van der Waals surface area contributed by atoms with Gasteiger partial charge >= 0.3 is 0 Å². The Kier molecular flexibility index (Phi) is 1.71. The van der Waals surface area contributed by atoms with E-state index in [2.05, 4.69) is 42.0 Å². The Hall–Kier alpha value is -1.15. The third-order valence-electron chi connectivity index (χ3n) is 2.95. The average Bonchev–Trinajstić information content (AvgIpc) is 2.18. The van der Waals surface area contributed by atoms with Crippen LogP contribution in [0.2, 0.25) is 0 Å². The summed E-state index contributed by atoms with van der Waals surface area (Å²) >= 11 is 0. The smallest absolute Gasteiger partial charge is 0.218 e. The van der Waals surface area contributed by atoms with E-state index in [9.17, 15) is 0 Å². The molecule has 2 heterocycles. The Morgan fingerprint density at radius 3 is 3.36 bits per heavy atom. The highest BCUT2D eigenvalue weighted by Gasteiger charge is 2.34. The first kappa shape index (κ1) is 8.18. The van der Waals surface area contributed by atoms with E-state index >= 15 is 0 Å². The molecule has 0 aromatic carbocycles. The third-order valence-corrected chi connectivity index (χ3v) is 2.95. The lowest BCUT2D eigenvalue weighted by Crippen LogP contribution is -2.50. The van der Waals surface area contributed by atoms with Gasteiger partial charge in [-0.1, -0.05) is 12.2 Å². The highest BCUT2D eigenvalue weighted by Crippen LogP contribution is 2.31. The van der Waals surface area contributed by atoms with E-state index in [1.807, 2.05) is 0 Å². The predicted molar refractivity (Wildman–Crippen MR) is 53.6 cm³/mol. The van der Waals surface area contributed by atoms with Crippen molar-refractivity contribution in [2.24, 2.45) is 0 Å². The Labute approximate surface area is 83.8 Å². The van der Waals surface area contributed by atoms with Crippen LogP contribution in [0.25, 0.3) is 6.08 Å². The largest absolute Gasteiger partial charge is 0.357 e. The first-order valence-corrected chi connectivity index (χ1v) is 5.19. The van der Waals surface area contributed by atoms with Crippen molar-refractivity contribution >= 4 is 6.08 Å². The Morgan fingerprint density at radius 2 is 2.43 bits per heavy atom. The lowest BCUT2D eigenvalue weighted by molar-refractivity contribution is -0.726. The van der Waals surface area contributed by atoms with Crippen molar-refractivity contribution in [1.82, 2.24) is 0 Å². The van der Waals surface area contributed by atoms with Gasteiger partial charge in [0.05, 0.1) is 0 Å². The van der Waals surface area contributed by atoms with Gasteiger partial charge in [0, 0.05) is 18.1 Å². The minimum Gasteiger partial charge on any atom is -0.357 e. The molecule has 1 aromatic rings. The number of pyridine rings is 1. The summed E-state index contributed by atoms with van der Waals surface area (Å²) in [6.07, 6.45) is 8.18. The Morgan fingerprint density at radius 1 is 1.50 bits per heavy atom. The summed E-state index contributed by atoms with van der Waals surface area (Å²) < 4.78 is 8.25. The number of nitrogens with zero attached hydrogens (tertiary/aromatic N) is 1. The minimum absolute atomic E-state index is 0.278. The molecule has 3 rings (SSSR count). The van der Waals surface area contributed by atoms with Gasteiger partial charge in [0.15, 0.2) is 12.7 Å². The van der Waals surface area contributed by atoms with Gasteiger partial charge in [0.1, 0.15) is 12.2 Å². The summed E-state index contributed by atoms with van der Waals surface area (Å²) in [5.41, 5.74) is 2.67. The molecule has 14 heavy (non-hydrogen) atoms. The van der Waals surface area contributed by atoms with Gasteiger partial charge < -0.3 is 4.74 Å². The van der Waals surface area contributed by atoms with Crippen LogP contribution in [0, 0.1) is 0 Å². The van der Waals surface area contributed by atoms with E-state index in [1.165, 1.54) is 11.3 Å². The summed E-state index contributed by atoms with van der Waals surface area (Å²) in [5.74, 6) is 0. The van der Waals surface area contributed by atoms with Crippen LogP contribution in [0.5, 0.6) is 0 Å². The molecule has 2 atom stereocenters. The fraction of sp³-hybridized carbons (Fsp3) is 0.417. The standard InChI is InChI=1S/C12H14NO/c1-9-8-13-7-3-5-10-4-2-6-11(14-9)12(10)13/h2-5,7,9,11H,6,8H2,1H3/q+1. The van der Waals surface area contributed by atoms with Crippen molar-refractivity contribution < 1.29 is 9.30 Å². The van der Waals surface area contributed by atoms with Crippen LogP contribution < -0.4 is 4.57 Å². The summed E-state index contributed by atoms with van der Waals surface area (Å²) in [6.45, 7) is 3.12. The van der Waals surface area contributed by atoms with E-state index in [0.717, 1.165) is 13.0 Å². The van der Waals surface area contributed by atoms with Gasteiger partial charge in [-0.05, 0) is 13.0 Å². The zero-order valence-corrected chi connectivity index (χ0v) is 8.31. The van der Waals surface area contributed by atoms with Crippen LogP contribution in [0.3, 0.4) is 0 Å². The maximum absolute atomic E-state index is 5.92. The zero-order chi connectivity index (χ0) is 9.54. The van der Waals surface area contributed by atoms with E-state index < -0.39 is 0 Å². The number of aromatic nitrogens is 1. The van der Waals surface area contributed by atoms with Crippen molar-refractivity contribution in [2.45, 2.75) is 32.1 Å². The second kappa shape index (κ2) is 2.92. The third kappa shape index (κ3) is 1.11. The molecule has 0 saturated heterocycles. The molecule has 2 aliphatic rings. The molecule has 1 aromatic heterocycles. The van der Waals surface area contributed by atoms with Gasteiger partial charge in [0.25, 0.3) is 0 Å². The molecule has 72 valence electrons. The van der Waals surface area contributed by atoms with Gasteiger partial charge in [-0.25, -0.2) is 0 Å². The molecule has 0 spiro atoms. The van der Waals surface area contributed by atoms with Crippen molar-refractivity contribution in [3.05, 3.63) is 35.7 Å². The first-order chi connectivity index (χ1) is 6.84. The second-order valence-corrected chi connectivity index (χ2v) is 4.07. The molecule has 2 nitrogen and oxygen atoms in total. The van der Waals surface area contributed by atoms with Gasteiger partial charge in [-0.15, -0.1) is 0 Å². The van der Waals surface area contributed by atoms with Crippen molar-refractivity contribution in [3.8, 4) is 0 Å². The molecule has 2 unspecified atom stereocenters. The van der Waals surface area contributed by atoms with E-state index in [1.54, 1.807) is 0 Å². The second-order valence-electron chi connectivity index (χ2n) is 4.07. The average molecular weight is 188 g/mol. The maximum atomic E-state index is 5.92. The first-order valence-electron chi connectivity index (χ1n) is 5.19. The van der Waals surface area contributed by atoms with Crippen LogP contribution in [0.1, 0.15) is 30.7 Å². The Balaban J connectivity index is 2.19. The molecule has 0 bridgehead atoms. The minimum atomic E-state index is 0.278. The number of rotatable bonds is 0. The topological polar surface area (TPSA) is 13.1 Å². The highest BCUT2D eigenvalue weighted by atomic mass is 16.5. The van der Waals surface area contributed by atoms with Crippen LogP contribution >= 0.6 is 0 Å². The molecular weight excluding hydrogens is 174 g/mol. The molecule has 2 heteroatoms. The molecule has 1 aliphatic carbocycles. The van der Waals surface area contributed by atoms with Crippen molar-refractivity contribution in [3.63, 3.8) is 0 Å². The normalized spacial score (nSPS) is 28.6. The zero-order valence-electron chi connectivity index (χ0n) is 8.31. The Bertz CT molecular complexity index is 397. The number of ether oxygens (including phenoxy) is 1.